The Bertz CT molecular complexity index is 480. The number of epoxide rings is 2. The number of methoxy groups -OCH3 is 1. The van der Waals surface area contributed by atoms with Crippen molar-refractivity contribution in [3.63, 3.8) is 0 Å². The van der Waals surface area contributed by atoms with Gasteiger partial charge in [0.1, 0.15) is 5.76 Å². The van der Waals surface area contributed by atoms with Crippen LogP contribution < -0.4 is 0 Å². The summed E-state index contributed by atoms with van der Waals surface area (Å²) < 4.78 is 23.3. The summed E-state index contributed by atoms with van der Waals surface area (Å²) in [5, 5.41) is 0. The second-order valence-electron chi connectivity index (χ2n) is 6.98. The van der Waals surface area contributed by atoms with Gasteiger partial charge in [0, 0.05) is 19.4 Å². The molecule has 23 heavy (non-hydrogen) atoms. The molecule has 4 heteroatoms. The molecule has 4 nitrogen and oxygen atoms in total. The summed E-state index contributed by atoms with van der Waals surface area (Å²) in [5.41, 5.74) is 0.00758. The van der Waals surface area contributed by atoms with Crippen molar-refractivity contribution in [1.82, 2.24) is 0 Å². The van der Waals surface area contributed by atoms with Crippen molar-refractivity contribution in [2.75, 3.05) is 20.3 Å². The van der Waals surface area contributed by atoms with E-state index in [1.54, 1.807) is 12.2 Å². The van der Waals surface area contributed by atoms with Crippen molar-refractivity contribution in [1.29, 1.82) is 0 Å². The highest BCUT2D eigenvalue weighted by Crippen LogP contribution is 2.54. The standard InChI is InChI=1S/C19H28O4/c1-5-7-14(6-2)21-9-8-15-18(23-15)17-16(20-4)10-13(3)11-19(17)12-22-19/h5-7,13,15-18H,1-2,8-12H2,3-4H3/b14-7+/t13?,15?,16-,17?,18?,19+/m1/s1. The average Bonchev–Trinajstić information content (AvgIpc) is 3.45. The molecule has 2 saturated heterocycles. The van der Waals surface area contributed by atoms with Crippen LogP contribution in [0.4, 0.5) is 0 Å². The number of hydrogen-bond acceptors (Lipinski definition) is 4. The molecule has 128 valence electrons. The maximum atomic E-state index is 5.97. The molecule has 2 heterocycles. The van der Waals surface area contributed by atoms with E-state index in [1.807, 2.05) is 13.2 Å². The largest absolute Gasteiger partial charge is 0.494 e. The smallest absolute Gasteiger partial charge is 0.118 e. The number of hydrogen-bond donors (Lipinski definition) is 0. The Morgan fingerprint density at radius 2 is 2.17 bits per heavy atom. The molecular formula is C19H28O4. The van der Waals surface area contributed by atoms with E-state index in [-0.39, 0.29) is 23.9 Å². The average molecular weight is 320 g/mol. The van der Waals surface area contributed by atoms with Crippen LogP contribution in [0, 0.1) is 11.8 Å². The third kappa shape index (κ3) is 3.54. The lowest BCUT2D eigenvalue weighted by atomic mass is 9.70. The molecule has 1 aliphatic carbocycles. The second-order valence-corrected chi connectivity index (χ2v) is 6.98. The Morgan fingerprint density at radius 3 is 2.78 bits per heavy atom. The minimum absolute atomic E-state index is 0.00758. The Kier molecular flexibility index (Phi) is 4.95. The van der Waals surface area contributed by atoms with E-state index in [0.29, 0.717) is 18.4 Å². The SMILES string of the molecule is C=C/C=C(\C=C)OCCC1OC1C1[C@H](OC)CC(C)C[C@]12CO2. The van der Waals surface area contributed by atoms with Gasteiger partial charge in [-0.05, 0) is 30.9 Å². The molecule has 4 unspecified atom stereocenters. The van der Waals surface area contributed by atoms with Gasteiger partial charge >= 0.3 is 0 Å². The molecule has 0 radical (unpaired) electrons. The lowest BCUT2D eigenvalue weighted by Crippen LogP contribution is -2.46. The molecule has 0 N–H and O–H groups in total. The third-order valence-electron chi connectivity index (χ3n) is 5.28. The Labute approximate surface area is 139 Å². The number of rotatable bonds is 8. The minimum Gasteiger partial charge on any atom is -0.494 e. The molecule has 1 saturated carbocycles. The molecule has 1 spiro atoms. The first-order valence-corrected chi connectivity index (χ1v) is 8.53. The first-order chi connectivity index (χ1) is 11.1. The van der Waals surface area contributed by atoms with Gasteiger partial charge in [0.25, 0.3) is 0 Å². The zero-order chi connectivity index (χ0) is 16.4. The fourth-order valence-electron chi connectivity index (χ4n) is 4.14. The number of ether oxygens (including phenoxy) is 4. The van der Waals surface area contributed by atoms with E-state index < -0.39 is 0 Å². The van der Waals surface area contributed by atoms with E-state index in [1.165, 1.54) is 0 Å². The van der Waals surface area contributed by atoms with Crippen LogP contribution in [0.3, 0.4) is 0 Å². The van der Waals surface area contributed by atoms with Crippen molar-refractivity contribution in [2.24, 2.45) is 11.8 Å². The molecule has 3 rings (SSSR count). The molecule has 2 aliphatic heterocycles. The van der Waals surface area contributed by atoms with Crippen molar-refractivity contribution in [2.45, 2.75) is 50.1 Å². The van der Waals surface area contributed by atoms with Crippen LogP contribution in [0.1, 0.15) is 26.2 Å². The maximum Gasteiger partial charge on any atom is 0.118 e. The Balaban J connectivity index is 1.52. The van der Waals surface area contributed by atoms with Crippen molar-refractivity contribution >= 4 is 0 Å². The van der Waals surface area contributed by atoms with Gasteiger partial charge in [-0.25, -0.2) is 0 Å². The van der Waals surface area contributed by atoms with Gasteiger partial charge in [-0.3, -0.25) is 0 Å². The van der Waals surface area contributed by atoms with Crippen LogP contribution in [-0.4, -0.2) is 44.2 Å². The fraction of sp³-hybridized carbons (Fsp3) is 0.684. The molecule has 6 atom stereocenters. The van der Waals surface area contributed by atoms with Crippen LogP contribution in [0.2, 0.25) is 0 Å². The van der Waals surface area contributed by atoms with Crippen LogP contribution in [0.5, 0.6) is 0 Å². The van der Waals surface area contributed by atoms with Gasteiger partial charge in [-0.15, -0.1) is 0 Å². The van der Waals surface area contributed by atoms with Gasteiger partial charge in [0.2, 0.25) is 0 Å². The topological polar surface area (TPSA) is 43.5 Å². The quantitative estimate of drug-likeness (QED) is 0.391. The van der Waals surface area contributed by atoms with Gasteiger partial charge in [-0.2, -0.15) is 0 Å². The summed E-state index contributed by atoms with van der Waals surface area (Å²) in [5.74, 6) is 1.76. The van der Waals surface area contributed by atoms with Crippen LogP contribution in [0.15, 0.2) is 37.1 Å². The van der Waals surface area contributed by atoms with E-state index in [2.05, 4.69) is 20.1 Å². The highest BCUT2D eigenvalue weighted by Gasteiger charge is 2.65. The Morgan fingerprint density at radius 1 is 1.39 bits per heavy atom. The van der Waals surface area contributed by atoms with E-state index in [0.717, 1.165) is 31.6 Å². The monoisotopic (exact) mass is 320 g/mol. The van der Waals surface area contributed by atoms with E-state index in [4.69, 9.17) is 18.9 Å². The predicted octanol–water partition coefficient (Wildman–Crippen LogP) is 3.25. The summed E-state index contributed by atoms with van der Waals surface area (Å²) >= 11 is 0. The summed E-state index contributed by atoms with van der Waals surface area (Å²) in [4.78, 5) is 0. The van der Waals surface area contributed by atoms with E-state index >= 15 is 0 Å². The summed E-state index contributed by atoms with van der Waals surface area (Å²) in [7, 11) is 1.81. The van der Waals surface area contributed by atoms with Crippen LogP contribution in [-0.2, 0) is 18.9 Å². The van der Waals surface area contributed by atoms with Crippen molar-refractivity contribution < 1.29 is 18.9 Å². The zero-order valence-electron chi connectivity index (χ0n) is 14.2. The molecule has 0 aromatic carbocycles. The normalized spacial score (nSPS) is 42.3. The predicted molar refractivity (Wildman–Crippen MR) is 89.1 cm³/mol. The van der Waals surface area contributed by atoms with Crippen LogP contribution in [0.25, 0.3) is 0 Å². The number of allylic oxidation sites excluding steroid dienone is 3. The molecule has 3 aliphatic rings. The van der Waals surface area contributed by atoms with Crippen molar-refractivity contribution in [3.05, 3.63) is 37.1 Å². The zero-order valence-corrected chi connectivity index (χ0v) is 14.2. The summed E-state index contributed by atoms with van der Waals surface area (Å²) in [6, 6.07) is 0. The first-order valence-electron chi connectivity index (χ1n) is 8.53. The molecule has 0 amide bonds. The second kappa shape index (κ2) is 6.80. The Hall–Kier alpha value is -1.10. The molecule has 0 bridgehead atoms. The van der Waals surface area contributed by atoms with Gasteiger partial charge in [-0.1, -0.05) is 26.2 Å². The molecular weight excluding hydrogens is 292 g/mol. The van der Waals surface area contributed by atoms with Gasteiger partial charge in [0.15, 0.2) is 0 Å². The van der Waals surface area contributed by atoms with E-state index in [9.17, 15) is 0 Å². The molecule has 0 aromatic rings. The summed E-state index contributed by atoms with van der Waals surface area (Å²) in [6.07, 6.45) is 9.05. The molecule has 0 aromatic heterocycles. The van der Waals surface area contributed by atoms with Gasteiger partial charge in [0.05, 0.1) is 37.1 Å². The third-order valence-corrected chi connectivity index (χ3v) is 5.28. The molecule has 3 fully saturated rings. The highest BCUT2D eigenvalue weighted by atomic mass is 16.6. The van der Waals surface area contributed by atoms with Crippen LogP contribution >= 0.6 is 0 Å². The lowest BCUT2D eigenvalue weighted by molar-refractivity contribution is -0.0450. The maximum absolute atomic E-state index is 5.97. The van der Waals surface area contributed by atoms with Gasteiger partial charge < -0.3 is 18.9 Å². The highest BCUT2D eigenvalue weighted by molar-refractivity contribution is 5.15. The fourth-order valence-corrected chi connectivity index (χ4v) is 4.14. The van der Waals surface area contributed by atoms with Crippen molar-refractivity contribution in [3.8, 4) is 0 Å². The lowest BCUT2D eigenvalue weighted by Gasteiger charge is -2.38. The minimum atomic E-state index is 0.00758. The first kappa shape index (κ1) is 16.7. The summed E-state index contributed by atoms with van der Waals surface area (Å²) in [6.45, 7) is 11.2.